The number of hydrogen-bond donors (Lipinski definition) is 2. The first kappa shape index (κ1) is 15.2. The fraction of sp³-hybridized carbons (Fsp3) is 0. The van der Waals surface area contributed by atoms with Gasteiger partial charge in [-0.15, -0.1) is 0 Å². The molecule has 0 fully saturated rings. The predicted octanol–water partition coefficient (Wildman–Crippen LogP) is 3.62. The van der Waals surface area contributed by atoms with Gasteiger partial charge in [0, 0.05) is 27.3 Å². The molecule has 26 heavy (non-hydrogen) atoms. The Labute approximate surface area is 150 Å². The van der Waals surface area contributed by atoms with E-state index >= 15 is 0 Å². The van der Waals surface area contributed by atoms with Crippen LogP contribution in [0.15, 0.2) is 84.9 Å². The quantitative estimate of drug-likeness (QED) is 0.483. The van der Waals surface area contributed by atoms with E-state index in [-0.39, 0.29) is 0 Å². The molecule has 4 aromatic carbocycles. The highest BCUT2D eigenvalue weighted by atomic mass is 16.4. The number of fused-ring (bicyclic) bond motifs is 5. The van der Waals surface area contributed by atoms with Crippen molar-refractivity contribution in [3.05, 3.63) is 84.9 Å². The minimum atomic E-state index is -1.53. The average Bonchev–Trinajstić information content (AvgIpc) is 3.03. The Hall–Kier alpha value is -3.08. The van der Waals surface area contributed by atoms with Crippen molar-refractivity contribution in [2.45, 2.75) is 0 Å². The number of hydrogen-bond acceptors (Lipinski definition) is 2. The molecule has 0 aliphatic carbocycles. The minimum absolute atomic E-state index is 0.489. The van der Waals surface area contributed by atoms with Crippen molar-refractivity contribution in [3.8, 4) is 5.69 Å². The van der Waals surface area contributed by atoms with Crippen LogP contribution < -0.4 is 5.46 Å². The standard InChI is InChI=1S/C22H16BNO2/c25-23(26)19-10-4-6-12-21(19)24-20-11-5-3-9-17(20)18-14-13-15-7-1-2-8-16(15)22(18)24/h1-14,25-26H. The van der Waals surface area contributed by atoms with Gasteiger partial charge in [-0.1, -0.05) is 72.8 Å². The molecule has 0 aliphatic rings. The zero-order valence-corrected chi connectivity index (χ0v) is 14.0. The number of benzene rings is 4. The molecule has 0 saturated heterocycles. The Bertz CT molecular complexity index is 1270. The summed E-state index contributed by atoms with van der Waals surface area (Å²) in [5.74, 6) is 0. The summed E-state index contributed by atoms with van der Waals surface area (Å²) >= 11 is 0. The maximum absolute atomic E-state index is 9.90. The van der Waals surface area contributed by atoms with Crippen molar-refractivity contribution >= 4 is 45.2 Å². The molecule has 0 aliphatic heterocycles. The molecule has 0 amide bonds. The first-order valence-electron chi connectivity index (χ1n) is 8.62. The van der Waals surface area contributed by atoms with Crippen molar-refractivity contribution in [2.24, 2.45) is 0 Å². The summed E-state index contributed by atoms with van der Waals surface area (Å²) in [4.78, 5) is 0. The summed E-state index contributed by atoms with van der Waals surface area (Å²) in [6.07, 6.45) is 0. The SMILES string of the molecule is OB(O)c1ccccc1-n1c2ccccc2c2ccc3ccccc3c21. The lowest BCUT2D eigenvalue weighted by molar-refractivity contribution is 0.425. The van der Waals surface area contributed by atoms with Gasteiger partial charge in [-0.2, -0.15) is 0 Å². The van der Waals surface area contributed by atoms with Gasteiger partial charge in [-0.25, -0.2) is 0 Å². The molecular weight excluding hydrogens is 321 g/mol. The predicted molar refractivity (Wildman–Crippen MR) is 108 cm³/mol. The molecule has 0 unspecified atom stereocenters. The van der Waals surface area contributed by atoms with E-state index in [1.807, 2.05) is 42.5 Å². The van der Waals surface area contributed by atoms with Crippen LogP contribution in [-0.2, 0) is 0 Å². The van der Waals surface area contributed by atoms with Gasteiger partial charge in [0.25, 0.3) is 0 Å². The minimum Gasteiger partial charge on any atom is -0.423 e. The smallest absolute Gasteiger partial charge is 0.423 e. The largest absolute Gasteiger partial charge is 0.490 e. The van der Waals surface area contributed by atoms with E-state index in [0.717, 1.165) is 38.3 Å². The number of para-hydroxylation sites is 2. The van der Waals surface area contributed by atoms with Crippen LogP contribution in [0.4, 0.5) is 0 Å². The Morgan fingerprint density at radius 3 is 2.15 bits per heavy atom. The zero-order chi connectivity index (χ0) is 17.7. The third-order valence-electron chi connectivity index (χ3n) is 5.02. The van der Waals surface area contributed by atoms with E-state index in [1.165, 1.54) is 0 Å². The zero-order valence-electron chi connectivity index (χ0n) is 14.0. The maximum atomic E-state index is 9.90. The molecule has 3 nitrogen and oxygen atoms in total. The van der Waals surface area contributed by atoms with Crippen LogP contribution in [0.5, 0.6) is 0 Å². The average molecular weight is 337 g/mol. The topological polar surface area (TPSA) is 45.4 Å². The van der Waals surface area contributed by atoms with Crippen molar-refractivity contribution in [1.82, 2.24) is 4.57 Å². The molecule has 4 heteroatoms. The van der Waals surface area contributed by atoms with Crippen molar-refractivity contribution in [3.63, 3.8) is 0 Å². The van der Waals surface area contributed by atoms with Crippen LogP contribution in [0.3, 0.4) is 0 Å². The van der Waals surface area contributed by atoms with Gasteiger partial charge in [0.05, 0.1) is 11.0 Å². The number of nitrogens with zero attached hydrogens (tertiary/aromatic N) is 1. The van der Waals surface area contributed by atoms with E-state index in [0.29, 0.717) is 5.46 Å². The van der Waals surface area contributed by atoms with Crippen molar-refractivity contribution in [2.75, 3.05) is 0 Å². The second-order valence-electron chi connectivity index (χ2n) is 6.47. The van der Waals surface area contributed by atoms with E-state index in [1.54, 1.807) is 6.07 Å². The normalized spacial score (nSPS) is 11.5. The summed E-state index contributed by atoms with van der Waals surface area (Å²) in [6.45, 7) is 0. The number of aromatic nitrogens is 1. The first-order valence-corrected chi connectivity index (χ1v) is 8.62. The van der Waals surface area contributed by atoms with Gasteiger partial charge in [0.2, 0.25) is 0 Å². The third-order valence-corrected chi connectivity index (χ3v) is 5.02. The molecule has 0 atom stereocenters. The molecule has 2 N–H and O–H groups in total. The Kier molecular flexibility index (Phi) is 3.35. The summed E-state index contributed by atoms with van der Waals surface area (Å²) in [7, 11) is -1.53. The van der Waals surface area contributed by atoms with Gasteiger partial charge in [-0.05, 0) is 17.5 Å². The van der Waals surface area contributed by atoms with E-state index in [2.05, 4.69) is 41.0 Å². The lowest BCUT2D eigenvalue weighted by Gasteiger charge is -2.14. The van der Waals surface area contributed by atoms with Crippen molar-refractivity contribution < 1.29 is 10.0 Å². The molecule has 0 radical (unpaired) electrons. The summed E-state index contributed by atoms with van der Waals surface area (Å²) in [5.41, 5.74) is 3.40. The molecule has 0 bridgehead atoms. The Morgan fingerprint density at radius 1 is 0.615 bits per heavy atom. The van der Waals surface area contributed by atoms with Gasteiger partial charge in [0.1, 0.15) is 0 Å². The number of rotatable bonds is 2. The molecular formula is C22H16BNO2. The summed E-state index contributed by atoms with van der Waals surface area (Å²) in [6, 6.07) is 28.2. The van der Waals surface area contributed by atoms with Crippen LogP contribution in [0, 0.1) is 0 Å². The van der Waals surface area contributed by atoms with Gasteiger partial charge < -0.3 is 14.6 Å². The van der Waals surface area contributed by atoms with Gasteiger partial charge in [0.15, 0.2) is 0 Å². The fourth-order valence-electron chi connectivity index (χ4n) is 3.89. The Balaban J connectivity index is 2.06. The first-order chi connectivity index (χ1) is 12.8. The molecule has 0 spiro atoms. The molecule has 1 heterocycles. The van der Waals surface area contributed by atoms with E-state index in [4.69, 9.17) is 0 Å². The fourth-order valence-corrected chi connectivity index (χ4v) is 3.89. The van der Waals surface area contributed by atoms with Crippen LogP contribution in [-0.4, -0.2) is 21.7 Å². The van der Waals surface area contributed by atoms with Crippen LogP contribution in [0.25, 0.3) is 38.3 Å². The highest BCUT2D eigenvalue weighted by Gasteiger charge is 2.20. The lowest BCUT2D eigenvalue weighted by atomic mass is 9.79. The van der Waals surface area contributed by atoms with Crippen LogP contribution in [0.2, 0.25) is 0 Å². The van der Waals surface area contributed by atoms with Crippen molar-refractivity contribution in [1.29, 1.82) is 0 Å². The third kappa shape index (κ3) is 2.10. The highest BCUT2D eigenvalue weighted by Crippen LogP contribution is 2.35. The summed E-state index contributed by atoms with van der Waals surface area (Å²) < 4.78 is 2.14. The van der Waals surface area contributed by atoms with E-state index in [9.17, 15) is 10.0 Å². The molecule has 1 aromatic heterocycles. The van der Waals surface area contributed by atoms with Crippen LogP contribution in [0.1, 0.15) is 0 Å². The summed E-state index contributed by atoms with van der Waals surface area (Å²) in [5, 5.41) is 24.4. The van der Waals surface area contributed by atoms with Crippen LogP contribution >= 0.6 is 0 Å². The second kappa shape index (κ2) is 5.73. The van der Waals surface area contributed by atoms with Gasteiger partial charge >= 0.3 is 7.12 Å². The monoisotopic (exact) mass is 337 g/mol. The molecule has 5 aromatic rings. The molecule has 5 rings (SSSR count). The Morgan fingerprint density at radius 2 is 1.31 bits per heavy atom. The molecule has 0 saturated carbocycles. The lowest BCUT2D eigenvalue weighted by Crippen LogP contribution is -2.33. The van der Waals surface area contributed by atoms with Gasteiger partial charge in [-0.3, -0.25) is 0 Å². The highest BCUT2D eigenvalue weighted by molar-refractivity contribution is 6.60. The second-order valence-corrected chi connectivity index (χ2v) is 6.47. The maximum Gasteiger partial charge on any atom is 0.490 e. The molecule has 124 valence electrons. The van der Waals surface area contributed by atoms with E-state index < -0.39 is 7.12 Å².